The van der Waals surface area contributed by atoms with Crippen LogP contribution in [-0.2, 0) is 4.74 Å². The fourth-order valence-corrected chi connectivity index (χ4v) is 4.27. The van der Waals surface area contributed by atoms with Crippen LogP contribution in [0.15, 0.2) is 24.4 Å². The molecule has 0 aromatic carbocycles. The van der Waals surface area contributed by atoms with Gasteiger partial charge in [0.15, 0.2) is 0 Å². The van der Waals surface area contributed by atoms with Crippen LogP contribution in [0, 0.1) is 0 Å². The maximum absolute atomic E-state index is 6.36. The molecule has 5 heteroatoms. The summed E-state index contributed by atoms with van der Waals surface area (Å²) >= 11 is 0. The summed E-state index contributed by atoms with van der Waals surface area (Å²) in [4.78, 5) is 12.0. The number of hydrogen-bond acceptors (Lipinski definition) is 5. The molecule has 23 heavy (non-hydrogen) atoms. The van der Waals surface area contributed by atoms with E-state index in [-0.39, 0.29) is 5.60 Å². The van der Waals surface area contributed by atoms with E-state index in [1.165, 1.54) is 32.6 Å². The first-order valence-electron chi connectivity index (χ1n) is 8.97. The average Bonchev–Trinajstić information content (AvgIpc) is 3.01. The van der Waals surface area contributed by atoms with Crippen LogP contribution in [0.3, 0.4) is 0 Å². The maximum Gasteiger partial charge on any atom is 0.128 e. The summed E-state index contributed by atoms with van der Waals surface area (Å²) in [5.74, 6) is 1.11. The Morgan fingerprint density at radius 3 is 2.57 bits per heavy atom. The van der Waals surface area contributed by atoms with Crippen molar-refractivity contribution in [1.82, 2.24) is 14.8 Å². The lowest BCUT2D eigenvalue weighted by atomic mass is 9.87. The summed E-state index contributed by atoms with van der Waals surface area (Å²) in [6.45, 7) is 7.82. The minimum atomic E-state index is 0.124. The Kier molecular flexibility index (Phi) is 4.26. The van der Waals surface area contributed by atoms with E-state index < -0.39 is 0 Å². The number of piperidine rings is 1. The fraction of sp³-hybridized carbons (Fsp3) is 0.722. The molecule has 0 N–H and O–H groups in total. The van der Waals surface area contributed by atoms with Crippen LogP contribution in [0.1, 0.15) is 19.3 Å². The van der Waals surface area contributed by atoms with E-state index in [0.717, 1.165) is 38.4 Å². The zero-order valence-electron chi connectivity index (χ0n) is 14.2. The Balaban J connectivity index is 1.33. The van der Waals surface area contributed by atoms with Crippen molar-refractivity contribution in [2.45, 2.75) is 30.9 Å². The van der Waals surface area contributed by atoms with E-state index in [4.69, 9.17) is 4.74 Å². The zero-order chi connectivity index (χ0) is 15.7. The van der Waals surface area contributed by atoms with Crippen LogP contribution in [0.5, 0.6) is 0 Å². The van der Waals surface area contributed by atoms with Gasteiger partial charge in [0.05, 0.1) is 12.2 Å². The third-order valence-corrected chi connectivity index (χ3v) is 5.89. The van der Waals surface area contributed by atoms with Gasteiger partial charge in [-0.25, -0.2) is 4.98 Å². The number of anilines is 1. The van der Waals surface area contributed by atoms with Gasteiger partial charge in [0.1, 0.15) is 5.82 Å². The van der Waals surface area contributed by atoms with Crippen molar-refractivity contribution in [1.29, 1.82) is 0 Å². The largest absolute Gasteiger partial charge is 0.373 e. The minimum Gasteiger partial charge on any atom is -0.373 e. The second-order valence-electron chi connectivity index (χ2n) is 7.37. The number of likely N-dealkylation sites (N-methyl/N-ethyl adjacent to an activating group) is 1. The highest BCUT2D eigenvalue weighted by molar-refractivity contribution is 5.38. The van der Waals surface area contributed by atoms with Gasteiger partial charge in [-0.3, -0.25) is 4.90 Å². The summed E-state index contributed by atoms with van der Waals surface area (Å²) in [5.41, 5.74) is 0.124. The summed E-state index contributed by atoms with van der Waals surface area (Å²) in [6.07, 6.45) is 5.36. The van der Waals surface area contributed by atoms with Crippen molar-refractivity contribution in [2.75, 3.05) is 57.8 Å². The molecule has 1 aromatic heterocycles. The smallest absolute Gasteiger partial charge is 0.128 e. The lowest BCUT2D eigenvalue weighted by Gasteiger charge is -2.40. The molecule has 5 nitrogen and oxygen atoms in total. The van der Waals surface area contributed by atoms with Crippen molar-refractivity contribution in [2.24, 2.45) is 0 Å². The van der Waals surface area contributed by atoms with Crippen LogP contribution in [0.4, 0.5) is 5.82 Å². The van der Waals surface area contributed by atoms with Crippen LogP contribution in [0.25, 0.3) is 0 Å². The predicted molar refractivity (Wildman–Crippen MR) is 91.8 cm³/mol. The van der Waals surface area contributed by atoms with Crippen molar-refractivity contribution in [3.63, 3.8) is 0 Å². The highest BCUT2D eigenvalue weighted by Gasteiger charge is 2.44. The molecule has 1 spiro atoms. The number of aromatic nitrogens is 1. The fourth-order valence-electron chi connectivity index (χ4n) is 4.27. The van der Waals surface area contributed by atoms with Crippen LogP contribution >= 0.6 is 0 Å². The number of hydrogen-bond donors (Lipinski definition) is 0. The Morgan fingerprint density at radius 2 is 1.87 bits per heavy atom. The van der Waals surface area contributed by atoms with Gasteiger partial charge in [0.25, 0.3) is 0 Å². The normalized spacial score (nSPS) is 29.3. The third kappa shape index (κ3) is 3.23. The lowest BCUT2D eigenvalue weighted by Crippen LogP contribution is -2.50. The van der Waals surface area contributed by atoms with E-state index in [1.807, 2.05) is 12.3 Å². The van der Waals surface area contributed by atoms with Gasteiger partial charge in [-0.05, 0) is 38.4 Å². The molecule has 0 amide bonds. The van der Waals surface area contributed by atoms with Crippen molar-refractivity contribution >= 4 is 5.82 Å². The van der Waals surface area contributed by atoms with Gasteiger partial charge in [-0.1, -0.05) is 6.07 Å². The lowest BCUT2D eigenvalue weighted by molar-refractivity contribution is -0.0163. The number of piperazine rings is 1. The quantitative estimate of drug-likeness (QED) is 0.825. The first-order valence-corrected chi connectivity index (χ1v) is 8.97. The van der Waals surface area contributed by atoms with Gasteiger partial charge >= 0.3 is 0 Å². The Morgan fingerprint density at radius 1 is 1.09 bits per heavy atom. The first kappa shape index (κ1) is 15.4. The molecule has 126 valence electrons. The van der Waals surface area contributed by atoms with Gasteiger partial charge < -0.3 is 14.5 Å². The Labute approximate surface area is 139 Å². The summed E-state index contributed by atoms with van der Waals surface area (Å²) in [5, 5.41) is 0. The molecule has 3 saturated heterocycles. The molecule has 3 aliphatic rings. The third-order valence-electron chi connectivity index (χ3n) is 5.89. The molecule has 0 saturated carbocycles. The number of ether oxygens (including phenoxy) is 1. The molecule has 0 aliphatic carbocycles. The van der Waals surface area contributed by atoms with Crippen molar-refractivity contribution in [3.8, 4) is 0 Å². The number of pyridine rings is 1. The van der Waals surface area contributed by atoms with E-state index in [0.29, 0.717) is 6.04 Å². The standard InChI is InChI=1S/C18H28N4O/c1-20-10-12-21(13-11-20)16-14-18(23-15-16)5-8-22(9-6-18)17-4-2-3-7-19-17/h2-4,7,16H,5-6,8-15H2,1H3. The van der Waals surface area contributed by atoms with E-state index in [1.54, 1.807) is 0 Å². The highest BCUT2D eigenvalue weighted by atomic mass is 16.5. The average molecular weight is 316 g/mol. The molecule has 4 heterocycles. The molecule has 1 unspecified atom stereocenters. The monoisotopic (exact) mass is 316 g/mol. The summed E-state index contributed by atoms with van der Waals surface area (Å²) < 4.78 is 6.36. The SMILES string of the molecule is CN1CCN(C2COC3(CCN(c4ccccn4)CC3)C2)CC1. The summed E-state index contributed by atoms with van der Waals surface area (Å²) in [7, 11) is 2.22. The molecule has 0 bridgehead atoms. The second kappa shape index (κ2) is 6.38. The molecular weight excluding hydrogens is 288 g/mol. The molecule has 4 rings (SSSR count). The van der Waals surface area contributed by atoms with Gasteiger partial charge in [-0.15, -0.1) is 0 Å². The first-order chi connectivity index (χ1) is 11.2. The van der Waals surface area contributed by atoms with Crippen LogP contribution in [0.2, 0.25) is 0 Å². The second-order valence-corrected chi connectivity index (χ2v) is 7.37. The zero-order valence-corrected chi connectivity index (χ0v) is 14.2. The predicted octanol–water partition coefficient (Wildman–Crippen LogP) is 1.46. The number of nitrogens with zero attached hydrogens (tertiary/aromatic N) is 4. The summed E-state index contributed by atoms with van der Waals surface area (Å²) in [6, 6.07) is 6.79. The van der Waals surface area contributed by atoms with Crippen LogP contribution < -0.4 is 4.90 Å². The molecule has 1 atom stereocenters. The van der Waals surface area contributed by atoms with Gasteiger partial charge in [-0.2, -0.15) is 0 Å². The number of rotatable bonds is 2. The van der Waals surface area contributed by atoms with Crippen LogP contribution in [-0.4, -0.2) is 79.3 Å². The topological polar surface area (TPSA) is 31.8 Å². The van der Waals surface area contributed by atoms with Gasteiger partial charge in [0.2, 0.25) is 0 Å². The van der Waals surface area contributed by atoms with Gasteiger partial charge in [0, 0.05) is 51.5 Å². The van der Waals surface area contributed by atoms with E-state index in [2.05, 4.69) is 38.9 Å². The van der Waals surface area contributed by atoms with Crippen molar-refractivity contribution in [3.05, 3.63) is 24.4 Å². The maximum atomic E-state index is 6.36. The van der Waals surface area contributed by atoms with E-state index in [9.17, 15) is 0 Å². The minimum absolute atomic E-state index is 0.124. The van der Waals surface area contributed by atoms with E-state index >= 15 is 0 Å². The Hall–Kier alpha value is -1.17. The molecule has 3 aliphatic heterocycles. The Bertz CT molecular complexity index is 507. The molecule has 1 aromatic rings. The molecule has 3 fully saturated rings. The molecular formula is C18H28N4O. The van der Waals surface area contributed by atoms with Crippen molar-refractivity contribution < 1.29 is 4.74 Å². The highest BCUT2D eigenvalue weighted by Crippen LogP contribution is 2.38. The molecule has 0 radical (unpaired) electrons.